The Morgan fingerprint density at radius 3 is 2.54 bits per heavy atom. The van der Waals surface area contributed by atoms with Crippen molar-refractivity contribution in [1.82, 2.24) is 15.3 Å². The molecule has 0 radical (unpaired) electrons. The number of H-pyrrole nitrogens is 1. The number of rotatable bonds is 4. The van der Waals surface area contributed by atoms with Gasteiger partial charge < -0.3 is 19.8 Å². The molecule has 0 saturated heterocycles. The lowest BCUT2D eigenvalue weighted by molar-refractivity contribution is 0.199. The summed E-state index contributed by atoms with van der Waals surface area (Å²) < 4.78 is 10.2. The van der Waals surface area contributed by atoms with Crippen molar-refractivity contribution in [3.63, 3.8) is 0 Å². The number of fused-ring (bicyclic) bond motifs is 1. The quantitative estimate of drug-likeness (QED) is 0.772. The number of methoxy groups -OCH3 is 1. The smallest absolute Gasteiger partial charge is 0.414 e. The number of hydrogen-bond donors (Lipinski definition) is 2. The number of imidazole rings is 1. The van der Waals surface area contributed by atoms with E-state index in [0.717, 1.165) is 28.0 Å². The predicted molar refractivity (Wildman–Crippen MR) is 92.3 cm³/mol. The molecule has 24 heavy (non-hydrogen) atoms. The Kier molecular flexibility index (Phi) is 4.20. The molecule has 0 aliphatic heterocycles. The molecule has 3 rings (SSSR count). The molecule has 0 saturated carbocycles. The lowest BCUT2D eigenvalue weighted by Crippen LogP contribution is -2.22. The third kappa shape index (κ3) is 3.08. The summed E-state index contributed by atoms with van der Waals surface area (Å²) in [5, 5.41) is 2.37. The van der Waals surface area contributed by atoms with Gasteiger partial charge >= 0.3 is 12.1 Å². The van der Waals surface area contributed by atoms with E-state index in [-0.39, 0.29) is 6.01 Å². The van der Waals surface area contributed by atoms with E-state index in [1.165, 1.54) is 7.05 Å². The molecule has 0 bridgehead atoms. The first kappa shape index (κ1) is 15.6. The van der Waals surface area contributed by atoms with E-state index in [4.69, 9.17) is 9.47 Å². The summed E-state index contributed by atoms with van der Waals surface area (Å²) in [6.07, 6.45) is -0.572. The van der Waals surface area contributed by atoms with Gasteiger partial charge in [-0.1, -0.05) is 24.8 Å². The molecule has 2 aromatic carbocycles. The van der Waals surface area contributed by atoms with Crippen LogP contribution in [0.1, 0.15) is 11.1 Å². The van der Waals surface area contributed by atoms with Crippen LogP contribution in [-0.4, -0.2) is 30.2 Å². The van der Waals surface area contributed by atoms with Crippen molar-refractivity contribution >= 4 is 22.7 Å². The van der Waals surface area contributed by atoms with Crippen LogP contribution in [-0.2, 0) is 0 Å². The predicted octanol–water partition coefficient (Wildman–Crippen LogP) is 3.35. The second-order valence-corrected chi connectivity index (χ2v) is 5.12. The third-order valence-corrected chi connectivity index (χ3v) is 3.64. The zero-order valence-electron chi connectivity index (χ0n) is 13.4. The number of amides is 1. The first-order valence-electron chi connectivity index (χ1n) is 7.33. The summed E-state index contributed by atoms with van der Waals surface area (Å²) >= 11 is 0. The number of nitrogens with zero attached hydrogens (tertiary/aromatic N) is 1. The van der Waals surface area contributed by atoms with Crippen molar-refractivity contribution in [1.29, 1.82) is 0 Å². The van der Waals surface area contributed by atoms with Gasteiger partial charge in [-0.2, -0.15) is 4.98 Å². The highest BCUT2D eigenvalue weighted by Crippen LogP contribution is 2.26. The van der Waals surface area contributed by atoms with Gasteiger partial charge in [0.15, 0.2) is 0 Å². The van der Waals surface area contributed by atoms with E-state index in [1.54, 1.807) is 7.11 Å². The topological polar surface area (TPSA) is 76.2 Å². The van der Waals surface area contributed by atoms with Crippen molar-refractivity contribution in [2.45, 2.75) is 0 Å². The van der Waals surface area contributed by atoms with E-state index in [0.29, 0.717) is 5.52 Å². The molecule has 0 spiro atoms. The fourth-order valence-electron chi connectivity index (χ4n) is 2.32. The van der Waals surface area contributed by atoms with Crippen LogP contribution in [0.15, 0.2) is 49.0 Å². The second kappa shape index (κ2) is 6.45. The Labute approximate surface area is 139 Å². The number of aromatic amines is 1. The summed E-state index contributed by atoms with van der Waals surface area (Å²) in [4.78, 5) is 18.5. The Morgan fingerprint density at radius 2 is 1.88 bits per heavy atom. The number of benzene rings is 2. The number of hydrogen-bond acceptors (Lipinski definition) is 4. The summed E-state index contributed by atoms with van der Waals surface area (Å²) in [5.41, 5.74) is 4.27. The molecule has 6 nitrogen and oxygen atoms in total. The van der Waals surface area contributed by atoms with Gasteiger partial charge in [-0.25, -0.2) is 4.79 Å². The Hall–Kier alpha value is -3.28. The SMILES string of the molecule is C=C(c1ccc(OC)cc1)c1ccc2[nH]c(OC(=O)NC)nc2c1. The van der Waals surface area contributed by atoms with Crippen LogP contribution in [0.2, 0.25) is 0 Å². The van der Waals surface area contributed by atoms with E-state index < -0.39 is 6.09 Å². The second-order valence-electron chi connectivity index (χ2n) is 5.12. The number of carbonyl (C=O) groups excluding carboxylic acids is 1. The Balaban J connectivity index is 1.88. The molecule has 1 aromatic heterocycles. The van der Waals surface area contributed by atoms with E-state index in [2.05, 4.69) is 21.9 Å². The first-order valence-corrected chi connectivity index (χ1v) is 7.33. The average molecular weight is 323 g/mol. The highest BCUT2D eigenvalue weighted by atomic mass is 16.6. The Bertz CT molecular complexity index is 898. The van der Waals surface area contributed by atoms with Gasteiger partial charge in [-0.05, 0) is 41.0 Å². The average Bonchev–Trinajstić information content (AvgIpc) is 3.02. The lowest BCUT2D eigenvalue weighted by atomic mass is 9.99. The maximum absolute atomic E-state index is 11.3. The van der Waals surface area contributed by atoms with Gasteiger partial charge in [0, 0.05) is 7.05 Å². The van der Waals surface area contributed by atoms with Gasteiger partial charge in [-0.3, -0.25) is 0 Å². The molecular weight excluding hydrogens is 306 g/mol. The summed E-state index contributed by atoms with van der Waals surface area (Å²) in [6, 6.07) is 13.6. The fourth-order valence-corrected chi connectivity index (χ4v) is 2.32. The summed E-state index contributed by atoms with van der Waals surface area (Å²) in [7, 11) is 3.12. The van der Waals surface area contributed by atoms with Crippen LogP contribution < -0.4 is 14.8 Å². The lowest BCUT2D eigenvalue weighted by Gasteiger charge is -2.07. The molecule has 0 unspecified atom stereocenters. The third-order valence-electron chi connectivity index (χ3n) is 3.64. The van der Waals surface area contributed by atoms with Gasteiger partial charge in [0.2, 0.25) is 0 Å². The van der Waals surface area contributed by atoms with Crippen LogP contribution in [0.25, 0.3) is 16.6 Å². The first-order chi connectivity index (χ1) is 11.6. The van der Waals surface area contributed by atoms with E-state index in [9.17, 15) is 4.79 Å². The maximum Gasteiger partial charge on any atom is 0.414 e. The Morgan fingerprint density at radius 1 is 1.17 bits per heavy atom. The minimum atomic E-state index is -0.572. The molecular formula is C18H17N3O3. The van der Waals surface area contributed by atoms with Crippen molar-refractivity contribution < 1.29 is 14.3 Å². The van der Waals surface area contributed by atoms with Crippen molar-refractivity contribution in [3.8, 4) is 11.8 Å². The van der Waals surface area contributed by atoms with Crippen LogP contribution in [0, 0.1) is 0 Å². The largest absolute Gasteiger partial charge is 0.497 e. The molecule has 122 valence electrons. The van der Waals surface area contributed by atoms with E-state index in [1.807, 2.05) is 42.5 Å². The van der Waals surface area contributed by atoms with Crippen molar-refractivity contribution in [3.05, 3.63) is 60.2 Å². The van der Waals surface area contributed by atoms with Crippen LogP contribution in [0.4, 0.5) is 4.79 Å². The van der Waals surface area contributed by atoms with Gasteiger partial charge in [0.05, 0.1) is 18.1 Å². The normalized spacial score (nSPS) is 10.4. The highest BCUT2D eigenvalue weighted by Gasteiger charge is 2.10. The van der Waals surface area contributed by atoms with E-state index >= 15 is 0 Å². The molecule has 3 aromatic rings. The molecule has 1 amide bonds. The maximum atomic E-state index is 11.3. The van der Waals surface area contributed by atoms with Gasteiger partial charge in [-0.15, -0.1) is 0 Å². The van der Waals surface area contributed by atoms with Gasteiger partial charge in [0.1, 0.15) is 5.75 Å². The monoisotopic (exact) mass is 323 g/mol. The molecule has 0 aliphatic rings. The van der Waals surface area contributed by atoms with Crippen molar-refractivity contribution in [2.24, 2.45) is 0 Å². The minimum absolute atomic E-state index is 0.150. The van der Waals surface area contributed by atoms with Crippen molar-refractivity contribution in [2.75, 3.05) is 14.2 Å². The minimum Gasteiger partial charge on any atom is -0.497 e. The summed E-state index contributed by atoms with van der Waals surface area (Å²) in [5.74, 6) is 0.797. The van der Waals surface area contributed by atoms with Crippen LogP contribution in [0.3, 0.4) is 0 Å². The highest BCUT2D eigenvalue weighted by molar-refractivity contribution is 5.86. The molecule has 1 heterocycles. The molecule has 0 atom stereocenters. The number of aromatic nitrogens is 2. The fraction of sp³-hybridized carbons (Fsp3) is 0.111. The summed E-state index contributed by atoms with van der Waals surface area (Å²) in [6.45, 7) is 4.15. The zero-order chi connectivity index (χ0) is 17.1. The van der Waals surface area contributed by atoms with Crippen LogP contribution >= 0.6 is 0 Å². The molecule has 0 fully saturated rings. The van der Waals surface area contributed by atoms with Crippen LogP contribution in [0.5, 0.6) is 11.8 Å². The number of nitrogens with one attached hydrogen (secondary N) is 2. The molecule has 0 aliphatic carbocycles. The molecule has 2 N–H and O–H groups in total. The number of carbonyl (C=O) groups is 1. The zero-order valence-corrected chi connectivity index (χ0v) is 13.4. The number of ether oxygens (including phenoxy) is 2. The van der Waals surface area contributed by atoms with Gasteiger partial charge in [0.25, 0.3) is 0 Å². The standard InChI is InChI=1S/C18H17N3O3/c1-11(12-4-7-14(23-3)8-5-12)13-6-9-15-16(10-13)21-17(20-15)24-18(22)19-2/h4-10H,1H2,2-3H3,(H,19,22)(H,20,21). The molecule has 6 heteroatoms.